The molecule has 7 heteroatoms. The Morgan fingerprint density at radius 1 is 1.17 bits per heavy atom. The zero-order chi connectivity index (χ0) is 16.6. The average molecular weight is 413 g/mol. The number of aromatic nitrogens is 2. The number of methoxy groups -OCH3 is 1. The van der Waals surface area contributed by atoms with Crippen LogP contribution < -0.4 is 10.1 Å². The summed E-state index contributed by atoms with van der Waals surface area (Å²) >= 11 is 15.7. The van der Waals surface area contributed by atoms with Crippen molar-refractivity contribution in [3.63, 3.8) is 0 Å². The maximum atomic E-state index is 6.15. The van der Waals surface area contributed by atoms with Gasteiger partial charge in [0.1, 0.15) is 5.52 Å². The topological polar surface area (TPSA) is 47.0 Å². The summed E-state index contributed by atoms with van der Waals surface area (Å²) in [5.41, 5.74) is 2.57. The summed E-state index contributed by atoms with van der Waals surface area (Å²) in [5, 5.41) is 4.81. The average Bonchev–Trinajstić information content (AvgIpc) is 2.56. The van der Waals surface area contributed by atoms with E-state index in [1.807, 2.05) is 18.2 Å². The van der Waals surface area contributed by atoms with Crippen LogP contribution in [-0.2, 0) is 0 Å². The molecule has 1 heterocycles. The molecule has 0 radical (unpaired) electrons. The minimum atomic E-state index is 0.497. The molecule has 3 rings (SSSR count). The molecule has 0 saturated heterocycles. The highest BCUT2D eigenvalue weighted by Gasteiger charge is 2.16. The second-order valence-electron chi connectivity index (χ2n) is 4.77. The SMILES string of the molecule is CNc1ncc2c(-c3ccc(Cl)c(Cl)c3)cc(Br)c(OC)c2n1. The van der Waals surface area contributed by atoms with Crippen LogP contribution in [0.3, 0.4) is 0 Å². The van der Waals surface area contributed by atoms with Gasteiger partial charge in [-0.15, -0.1) is 0 Å². The van der Waals surface area contributed by atoms with Gasteiger partial charge in [-0.3, -0.25) is 0 Å². The van der Waals surface area contributed by atoms with Crippen molar-refractivity contribution in [3.8, 4) is 16.9 Å². The molecule has 0 unspecified atom stereocenters. The van der Waals surface area contributed by atoms with E-state index in [0.717, 1.165) is 21.0 Å². The monoisotopic (exact) mass is 411 g/mol. The molecule has 1 aromatic heterocycles. The fourth-order valence-corrected chi connectivity index (χ4v) is 3.23. The molecule has 118 valence electrons. The zero-order valence-corrected chi connectivity index (χ0v) is 15.4. The molecule has 0 saturated carbocycles. The van der Waals surface area contributed by atoms with Crippen LogP contribution in [0, 0.1) is 0 Å². The maximum absolute atomic E-state index is 6.15. The predicted molar refractivity (Wildman–Crippen MR) is 98.8 cm³/mol. The van der Waals surface area contributed by atoms with Crippen LogP contribution in [0.1, 0.15) is 0 Å². The molecule has 0 aliphatic rings. The van der Waals surface area contributed by atoms with Gasteiger partial charge in [0.25, 0.3) is 0 Å². The lowest BCUT2D eigenvalue weighted by Gasteiger charge is -2.13. The van der Waals surface area contributed by atoms with E-state index in [1.54, 1.807) is 26.4 Å². The Kier molecular flexibility index (Phi) is 4.62. The third-order valence-electron chi connectivity index (χ3n) is 3.44. The fourth-order valence-electron chi connectivity index (χ4n) is 2.35. The van der Waals surface area contributed by atoms with E-state index < -0.39 is 0 Å². The number of nitrogens with one attached hydrogen (secondary N) is 1. The molecule has 2 aromatic carbocycles. The molecule has 0 bridgehead atoms. The van der Waals surface area contributed by atoms with Crippen molar-refractivity contribution < 1.29 is 4.74 Å². The number of halogens is 3. The first kappa shape index (κ1) is 16.3. The highest BCUT2D eigenvalue weighted by molar-refractivity contribution is 9.10. The molecule has 4 nitrogen and oxygen atoms in total. The van der Waals surface area contributed by atoms with Crippen molar-refractivity contribution in [1.82, 2.24) is 9.97 Å². The van der Waals surface area contributed by atoms with Crippen LogP contribution >= 0.6 is 39.1 Å². The smallest absolute Gasteiger partial charge is 0.223 e. The van der Waals surface area contributed by atoms with Gasteiger partial charge in [0, 0.05) is 18.6 Å². The first-order valence-corrected chi connectivity index (χ1v) is 8.26. The van der Waals surface area contributed by atoms with Crippen molar-refractivity contribution in [2.45, 2.75) is 0 Å². The van der Waals surface area contributed by atoms with Gasteiger partial charge >= 0.3 is 0 Å². The van der Waals surface area contributed by atoms with Gasteiger partial charge < -0.3 is 10.1 Å². The number of hydrogen-bond acceptors (Lipinski definition) is 4. The molecule has 0 atom stereocenters. The minimum Gasteiger partial charge on any atom is -0.493 e. The molecule has 0 amide bonds. The van der Waals surface area contributed by atoms with Crippen molar-refractivity contribution in [3.05, 3.63) is 45.0 Å². The van der Waals surface area contributed by atoms with Gasteiger partial charge in [0.2, 0.25) is 5.95 Å². The lowest BCUT2D eigenvalue weighted by Crippen LogP contribution is -1.99. The normalized spacial score (nSPS) is 10.8. The molecular formula is C16H12BrCl2N3O. The van der Waals surface area contributed by atoms with Crippen LogP contribution in [-0.4, -0.2) is 24.1 Å². The Labute approximate surface area is 151 Å². The van der Waals surface area contributed by atoms with E-state index in [-0.39, 0.29) is 0 Å². The van der Waals surface area contributed by atoms with Gasteiger partial charge in [0.15, 0.2) is 5.75 Å². The van der Waals surface area contributed by atoms with Crippen molar-refractivity contribution in [2.75, 3.05) is 19.5 Å². The molecule has 1 N–H and O–H groups in total. The standard InChI is InChI=1S/C16H12BrCl2N3O/c1-20-16-21-7-10-9(8-3-4-12(18)13(19)5-8)6-11(17)15(23-2)14(10)22-16/h3-7H,1-2H3,(H,20,21,22). The Balaban J connectivity index is 2.35. The van der Waals surface area contributed by atoms with Crippen LogP contribution in [0.4, 0.5) is 5.95 Å². The molecule has 0 spiro atoms. The molecule has 0 fully saturated rings. The van der Waals surface area contributed by atoms with Gasteiger partial charge in [-0.2, -0.15) is 0 Å². The quantitative estimate of drug-likeness (QED) is 0.624. The number of benzene rings is 2. The van der Waals surface area contributed by atoms with Gasteiger partial charge in [-0.1, -0.05) is 29.3 Å². The Bertz CT molecular complexity index is 902. The van der Waals surface area contributed by atoms with Crippen molar-refractivity contribution >= 4 is 56.0 Å². The number of hydrogen-bond donors (Lipinski definition) is 1. The summed E-state index contributed by atoms with van der Waals surface area (Å²) in [6.07, 6.45) is 1.76. The summed E-state index contributed by atoms with van der Waals surface area (Å²) in [5.74, 6) is 1.18. The van der Waals surface area contributed by atoms with Gasteiger partial charge in [0.05, 0.1) is 21.6 Å². The molecular weight excluding hydrogens is 401 g/mol. The first-order valence-electron chi connectivity index (χ1n) is 6.71. The van der Waals surface area contributed by atoms with E-state index in [2.05, 4.69) is 31.2 Å². The molecule has 3 aromatic rings. The van der Waals surface area contributed by atoms with Crippen LogP contribution in [0.5, 0.6) is 5.75 Å². The summed E-state index contributed by atoms with van der Waals surface area (Å²) < 4.78 is 6.28. The number of nitrogens with zero attached hydrogens (tertiary/aromatic N) is 2. The predicted octanol–water partition coefficient (Wildman–Crippen LogP) is 5.42. The van der Waals surface area contributed by atoms with E-state index >= 15 is 0 Å². The Morgan fingerprint density at radius 2 is 1.96 bits per heavy atom. The third kappa shape index (κ3) is 2.96. The van der Waals surface area contributed by atoms with Gasteiger partial charge in [-0.05, 0) is 45.3 Å². The highest BCUT2D eigenvalue weighted by Crippen LogP contribution is 2.40. The van der Waals surface area contributed by atoms with Crippen molar-refractivity contribution in [1.29, 1.82) is 0 Å². The number of rotatable bonds is 3. The second-order valence-corrected chi connectivity index (χ2v) is 6.44. The lowest BCUT2D eigenvalue weighted by molar-refractivity contribution is 0.416. The van der Waals surface area contributed by atoms with E-state index in [4.69, 9.17) is 27.9 Å². The second kappa shape index (κ2) is 6.51. The Hall–Kier alpha value is -1.56. The summed E-state index contributed by atoms with van der Waals surface area (Å²) in [7, 11) is 3.38. The first-order chi connectivity index (χ1) is 11.0. The third-order valence-corrected chi connectivity index (χ3v) is 4.77. The number of anilines is 1. The fraction of sp³-hybridized carbons (Fsp3) is 0.125. The number of fused-ring (bicyclic) bond motifs is 1. The van der Waals surface area contributed by atoms with E-state index in [9.17, 15) is 0 Å². The Morgan fingerprint density at radius 3 is 2.61 bits per heavy atom. The number of ether oxygens (including phenoxy) is 1. The summed E-state index contributed by atoms with van der Waals surface area (Å²) in [4.78, 5) is 8.82. The van der Waals surface area contributed by atoms with Crippen LogP contribution in [0.15, 0.2) is 34.9 Å². The van der Waals surface area contributed by atoms with Crippen LogP contribution in [0.25, 0.3) is 22.0 Å². The minimum absolute atomic E-state index is 0.497. The zero-order valence-electron chi connectivity index (χ0n) is 12.3. The van der Waals surface area contributed by atoms with E-state index in [1.165, 1.54) is 0 Å². The molecule has 0 aliphatic carbocycles. The maximum Gasteiger partial charge on any atom is 0.223 e. The largest absolute Gasteiger partial charge is 0.493 e. The molecule has 23 heavy (non-hydrogen) atoms. The van der Waals surface area contributed by atoms with Crippen LogP contribution in [0.2, 0.25) is 10.0 Å². The highest BCUT2D eigenvalue weighted by atomic mass is 79.9. The molecule has 0 aliphatic heterocycles. The lowest BCUT2D eigenvalue weighted by atomic mass is 10.0. The van der Waals surface area contributed by atoms with E-state index in [0.29, 0.717) is 27.3 Å². The van der Waals surface area contributed by atoms with Gasteiger partial charge in [-0.25, -0.2) is 9.97 Å². The summed E-state index contributed by atoms with van der Waals surface area (Å²) in [6.45, 7) is 0. The summed E-state index contributed by atoms with van der Waals surface area (Å²) in [6, 6.07) is 7.46. The van der Waals surface area contributed by atoms with Crippen molar-refractivity contribution in [2.24, 2.45) is 0 Å².